The normalized spacial score (nSPS) is 10.2. The van der Waals surface area contributed by atoms with Crippen LogP contribution in [0.1, 0.15) is 26.0 Å². The van der Waals surface area contributed by atoms with Gasteiger partial charge in [0.2, 0.25) is 17.7 Å². The van der Waals surface area contributed by atoms with Gasteiger partial charge in [0.25, 0.3) is 0 Å². The zero-order valence-corrected chi connectivity index (χ0v) is 14.3. The zero-order chi connectivity index (χ0) is 18.4. The number of aromatic nitrogens is 1. The summed E-state index contributed by atoms with van der Waals surface area (Å²) in [6, 6.07) is 8.45. The van der Waals surface area contributed by atoms with E-state index >= 15 is 0 Å². The van der Waals surface area contributed by atoms with Gasteiger partial charge < -0.3 is 15.2 Å². The molecule has 0 bridgehead atoms. The highest BCUT2D eigenvalue weighted by atomic mass is 16.5. The maximum absolute atomic E-state index is 12.1. The molecule has 0 spiro atoms. The Labute approximate surface area is 145 Å². The maximum Gasteiger partial charge on any atom is 0.226 e. The van der Waals surface area contributed by atoms with Crippen LogP contribution < -0.4 is 15.5 Å². The van der Waals surface area contributed by atoms with Gasteiger partial charge in [-0.3, -0.25) is 19.3 Å². The number of aryl methyl sites for hydroxylation is 1. The van der Waals surface area contributed by atoms with Crippen molar-refractivity contribution in [3.63, 3.8) is 0 Å². The number of nitrogens with one attached hydrogen (secondary N) is 2. The molecule has 0 aliphatic rings. The largest absolute Gasteiger partial charge is 0.360 e. The average molecular weight is 344 g/mol. The lowest BCUT2D eigenvalue weighted by Gasteiger charge is -2.17. The molecule has 0 unspecified atom stereocenters. The predicted molar refractivity (Wildman–Crippen MR) is 93.3 cm³/mol. The molecule has 8 nitrogen and oxygen atoms in total. The Kier molecular flexibility index (Phi) is 5.89. The Bertz CT molecular complexity index is 784. The summed E-state index contributed by atoms with van der Waals surface area (Å²) in [5, 5.41) is 9.18. The van der Waals surface area contributed by atoms with Crippen molar-refractivity contribution >= 4 is 34.9 Å². The fourth-order valence-electron chi connectivity index (χ4n) is 2.23. The van der Waals surface area contributed by atoms with Crippen LogP contribution in [0.15, 0.2) is 34.9 Å². The van der Waals surface area contributed by atoms with Crippen molar-refractivity contribution in [1.29, 1.82) is 0 Å². The quantitative estimate of drug-likeness (QED) is 0.837. The van der Waals surface area contributed by atoms with Crippen LogP contribution in [0.4, 0.5) is 17.2 Å². The molecule has 25 heavy (non-hydrogen) atoms. The number of carbonyl (C=O) groups is 3. The molecule has 2 rings (SSSR count). The molecule has 1 heterocycles. The first-order chi connectivity index (χ1) is 11.8. The first-order valence-corrected chi connectivity index (χ1v) is 7.74. The summed E-state index contributed by atoms with van der Waals surface area (Å²) in [6.07, 6.45) is 0.0931. The van der Waals surface area contributed by atoms with Crippen LogP contribution in [0.25, 0.3) is 0 Å². The highest BCUT2D eigenvalue weighted by Crippen LogP contribution is 2.17. The van der Waals surface area contributed by atoms with Crippen molar-refractivity contribution in [2.24, 2.45) is 0 Å². The second kappa shape index (κ2) is 8.09. The van der Waals surface area contributed by atoms with E-state index in [1.807, 2.05) is 0 Å². The van der Waals surface area contributed by atoms with Crippen molar-refractivity contribution in [3.05, 3.63) is 36.1 Å². The van der Waals surface area contributed by atoms with Crippen LogP contribution in [0.5, 0.6) is 0 Å². The molecule has 0 radical (unpaired) electrons. The summed E-state index contributed by atoms with van der Waals surface area (Å²) in [4.78, 5) is 36.3. The van der Waals surface area contributed by atoms with Gasteiger partial charge in [0.05, 0.1) is 0 Å². The Morgan fingerprint density at radius 3 is 2.36 bits per heavy atom. The second-order valence-corrected chi connectivity index (χ2v) is 5.53. The van der Waals surface area contributed by atoms with Crippen LogP contribution in [0.2, 0.25) is 0 Å². The predicted octanol–water partition coefficient (Wildman–Crippen LogP) is 2.32. The first-order valence-electron chi connectivity index (χ1n) is 7.74. The smallest absolute Gasteiger partial charge is 0.226 e. The van der Waals surface area contributed by atoms with Crippen LogP contribution >= 0.6 is 0 Å². The lowest BCUT2D eigenvalue weighted by atomic mass is 10.2. The maximum atomic E-state index is 12.1. The number of hydrogen-bond donors (Lipinski definition) is 2. The molecule has 0 atom stereocenters. The van der Waals surface area contributed by atoms with Crippen molar-refractivity contribution in [2.75, 3.05) is 22.1 Å². The molecular weight excluding hydrogens is 324 g/mol. The average Bonchev–Trinajstić information content (AvgIpc) is 2.93. The molecule has 1 aromatic heterocycles. The van der Waals surface area contributed by atoms with Crippen LogP contribution in [0.3, 0.4) is 0 Å². The highest BCUT2D eigenvalue weighted by Gasteiger charge is 2.17. The number of amides is 3. The van der Waals surface area contributed by atoms with Gasteiger partial charge in [-0.25, -0.2) is 0 Å². The topological polar surface area (TPSA) is 105 Å². The fraction of sp³-hybridized carbons (Fsp3) is 0.294. The third kappa shape index (κ3) is 5.45. The van der Waals surface area contributed by atoms with Gasteiger partial charge in [-0.1, -0.05) is 11.2 Å². The molecule has 0 aliphatic carbocycles. The van der Waals surface area contributed by atoms with E-state index in [2.05, 4.69) is 15.8 Å². The Hall–Kier alpha value is -3.16. The zero-order valence-electron chi connectivity index (χ0n) is 14.3. The van der Waals surface area contributed by atoms with Crippen molar-refractivity contribution in [1.82, 2.24) is 5.16 Å². The van der Waals surface area contributed by atoms with Crippen LogP contribution in [0, 0.1) is 6.92 Å². The lowest BCUT2D eigenvalue weighted by molar-refractivity contribution is -0.117. The lowest BCUT2D eigenvalue weighted by Crippen LogP contribution is -2.32. The van der Waals surface area contributed by atoms with Gasteiger partial charge in [-0.2, -0.15) is 0 Å². The van der Waals surface area contributed by atoms with Crippen molar-refractivity contribution < 1.29 is 18.9 Å². The molecule has 0 aliphatic heterocycles. The van der Waals surface area contributed by atoms with Crippen LogP contribution in [-0.2, 0) is 14.4 Å². The van der Waals surface area contributed by atoms with E-state index in [-0.39, 0.29) is 30.7 Å². The number of rotatable bonds is 6. The number of anilines is 3. The van der Waals surface area contributed by atoms with E-state index in [1.165, 1.54) is 18.7 Å². The summed E-state index contributed by atoms with van der Waals surface area (Å²) < 4.78 is 4.96. The third-order valence-corrected chi connectivity index (χ3v) is 3.30. The van der Waals surface area contributed by atoms with E-state index in [1.54, 1.807) is 37.3 Å². The molecule has 132 valence electrons. The van der Waals surface area contributed by atoms with E-state index < -0.39 is 0 Å². The summed E-state index contributed by atoms with van der Waals surface area (Å²) in [7, 11) is 0. The third-order valence-electron chi connectivity index (χ3n) is 3.30. The standard InChI is InChI=1S/C17H20N4O4/c1-11-9-16(20-25-11)21(13(3)23)8-7-17(24)19-15-6-4-5-14(10-15)18-12(2)22/h4-6,9-10H,7-8H2,1-3H3,(H,18,22)(H,19,24). The van der Waals surface area contributed by atoms with Gasteiger partial charge in [0.1, 0.15) is 5.76 Å². The summed E-state index contributed by atoms with van der Waals surface area (Å²) in [5.74, 6) is 0.287. The van der Waals surface area contributed by atoms with Gasteiger partial charge in [0, 0.05) is 44.3 Å². The first kappa shape index (κ1) is 18.2. The minimum Gasteiger partial charge on any atom is -0.360 e. The van der Waals surface area contributed by atoms with Crippen molar-refractivity contribution in [2.45, 2.75) is 27.2 Å². The van der Waals surface area contributed by atoms with E-state index in [4.69, 9.17) is 4.52 Å². The number of hydrogen-bond acceptors (Lipinski definition) is 5. The highest BCUT2D eigenvalue weighted by molar-refractivity contribution is 5.95. The molecule has 0 fully saturated rings. The Balaban J connectivity index is 1.95. The minimum absolute atomic E-state index is 0.0931. The molecule has 0 saturated carbocycles. The van der Waals surface area contributed by atoms with Gasteiger partial charge in [-0.05, 0) is 25.1 Å². The Morgan fingerprint density at radius 2 is 1.80 bits per heavy atom. The molecule has 8 heteroatoms. The summed E-state index contributed by atoms with van der Waals surface area (Å²) in [6.45, 7) is 4.72. The molecule has 1 aromatic carbocycles. The summed E-state index contributed by atoms with van der Waals surface area (Å²) in [5.41, 5.74) is 1.15. The van der Waals surface area contributed by atoms with Crippen LogP contribution in [-0.4, -0.2) is 29.4 Å². The monoisotopic (exact) mass is 344 g/mol. The number of carbonyl (C=O) groups excluding carboxylic acids is 3. The molecular formula is C17H20N4O4. The molecule has 0 saturated heterocycles. The second-order valence-electron chi connectivity index (χ2n) is 5.53. The van der Waals surface area contributed by atoms with E-state index in [0.717, 1.165) is 0 Å². The van der Waals surface area contributed by atoms with E-state index in [9.17, 15) is 14.4 Å². The molecule has 2 N–H and O–H groups in total. The number of nitrogens with zero attached hydrogens (tertiary/aromatic N) is 2. The molecule has 2 aromatic rings. The summed E-state index contributed by atoms with van der Waals surface area (Å²) >= 11 is 0. The van der Waals surface area contributed by atoms with Gasteiger partial charge in [-0.15, -0.1) is 0 Å². The SMILES string of the molecule is CC(=O)Nc1cccc(NC(=O)CCN(C(C)=O)c2cc(C)on2)c1. The fourth-order valence-corrected chi connectivity index (χ4v) is 2.23. The van der Waals surface area contributed by atoms with Crippen molar-refractivity contribution in [3.8, 4) is 0 Å². The Morgan fingerprint density at radius 1 is 1.12 bits per heavy atom. The molecule has 3 amide bonds. The van der Waals surface area contributed by atoms with E-state index in [0.29, 0.717) is 23.0 Å². The van der Waals surface area contributed by atoms with Gasteiger partial charge >= 0.3 is 0 Å². The van der Waals surface area contributed by atoms with Gasteiger partial charge in [0.15, 0.2) is 5.82 Å². The minimum atomic E-state index is -0.258. The number of benzene rings is 1.